The van der Waals surface area contributed by atoms with E-state index in [0.29, 0.717) is 6.04 Å². The van der Waals surface area contributed by atoms with Crippen LogP contribution in [-0.4, -0.2) is 36.0 Å². The number of likely N-dealkylation sites (tertiary alicyclic amines) is 1. The van der Waals surface area contributed by atoms with Crippen LogP contribution in [0.1, 0.15) is 24.0 Å². The second-order valence-corrected chi connectivity index (χ2v) is 7.45. The van der Waals surface area contributed by atoms with Crippen LogP contribution in [0.3, 0.4) is 0 Å². The summed E-state index contributed by atoms with van der Waals surface area (Å²) in [6.07, 6.45) is 2.52. The molecule has 0 spiro atoms. The second-order valence-electron chi connectivity index (χ2n) is 6.54. The van der Waals surface area contributed by atoms with Crippen LogP contribution in [0.4, 0.5) is 0 Å². The van der Waals surface area contributed by atoms with E-state index >= 15 is 0 Å². The summed E-state index contributed by atoms with van der Waals surface area (Å²) in [5.41, 5.74) is 2.81. The summed E-state index contributed by atoms with van der Waals surface area (Å²) >= 11 is 3.56. The molecule has 0 amide bonds. The van der Waals surface area contributed by atoms with Gasteiger partial charge in [0.2, 0.25) is 0 Å². The van der Waals surface area contributed by atoms with E-state index in [0.717, 1.165) is 13.1 Å². The SMILES string of the molecule is CN(Cc1ccccc1)C1CCN(Cc2cccc(Br)c2)CC1. The van der Waals surface area contributed by atoms with Crippen molar-refractivity contribution in [2.24, 2.45) is 0 Å². The zero-order valence-corrected chi connectivity index (χ0v) is 15.4. The molecule has 0 radical (unpaired) electrons. The van der Waals surface area contributed by atoms with Gasteiger partial charge in [-0.15, -0.1) is 0 Å². The monoisotopic (exact) mass is 372 g/mol. The smallest absolute Gasteiger partial charge is 0.0234 e. The molecule has 1 aliphatic heterocycles. The molecule has 1 aliphatic rings. The van der Waals surface area contributed by atoms with Gasteiger partial charge in [-0.3, -0.25) is 9.80 Å². The summed E-state index contributed by atoms with van der Waals surface area (Å²) < 4.78 is 1.17. The molecular weight excluding hydrogens is 348 g/mol. The van der Waals surface area contributed by atoms with Crippen molar-refractivity contribution in [3.8, 4) is 0 Å². The molecule has 0 aliphatic carbocycles. The van der Waals surface area contributed by atoms with Crippen LogP contribution in [-0.2, 0) is 13.1 Å². The Morgan fingerprint density at radius 3 is 2.39 bits per heavy atom. The lowest BCUT2D eigenvalue weighted by molar-refractivity contribution is 0.119. The molecule has 2 aromatic carbocycles. The molecule has 0 N–H and O–H groups in total. The molecule has 0 aromatic heterocycles. The fourth-order valence-electron chi connectivity index (χ4n) is 3.41. The molecule has 3 rings (SSSR count). The number of piperidine rings is 1. The molecule has 0 atom stereocenters. The van der Waals surface area contributed by atoms with Gasteiger partial charge in [-0.25, -0.2) is 0 Å². The molecule has 23 heavy (non-hydrogen) atoms. The van der Waals surface area contributed by atoms with Gasteiger partial charge in [0.05, 0.1) is 0 Å². The van der Waals surface area contributed by atoms with Crippen molar-refractivity contribution in [2.45, 2.75) is 32.0 Å². The van der Waals surface area contributed by atoms with Crippen molar-refractivity contribution in [1.82, 2.24) is 9.80 Å². The van der Waals surface area contributed by atoms with Gasteiger partial charge < -0.3 is 0 Å². The Kier molecular flexibility index (Phi) is 5.87. The highest BCUT2D eigenvalue weighted by molar-refractivity contribution is 9.10. The standard InChI is InChI=1S/C20H25BrN2/c1-22(15-17-6-3-2-4-7-17)20-10-12-23(13-11-20)16-18-8-5-9-19(21)14-18/h2-9,14,20H,10-13,15-16H2,1H3. The average Bonchev–Trinajstić information content (AvgIpc) is 2.56. The van der Waals surface area contributed by atoms with Crippen molar-refractivity contribution in [3.05, 3.63) is 70.2 Å². The second kappa shape index (κ2) is 8.09. The molecule has 0 unspecified atom stereocenters. The molecule has 1 heterocycles. The van der Waals surface area contributed by atoms with Crippen LogP contribution in [0.15, 0.2) is 59.1 Å². The topological polar surface area (TPSA) is 6.48 Å². The molecule has 1 fully saturated rings. The number of hydrogen-bond acceptors (Lipinski definition) is 2. The highest BCUT2D eigenvalue weighted by atomic mass is 79.9. The van der Waals surface area contributed by atoms with E-state index in [1.165, 1.54) is 41.5 Å². The van der Waals surface area contributed by atoms with Crippen molar-refractivity contribution < 1.29 is 0 Å². The van der Waals surface area contributed by atoms with Gasteiger partial charge in [0, 0.05) is 23.6 Å². The Bertz CT molecular complexity index is 606. The molecule has 1 saturated heterocycles. The lowest BCUT2D eigenvalue weighted by Gasteiger charge is -2.37. The molecule has 3 heteroatoms. The van der Waals surface area contributed by atoms with E-state index in [1.54, 1.807) is 0 Å². The maximum Gasteiger partial charge on any atom is 0.0234 e. The van der Waals surface area contributed by atoms with Crippen LogP contribution in [0.25, 0.3) is 0 Å². The van der Waals surface area contributed by atoms with E-state index in [-0.39, 0.29) is 0 Å². The van der Waals surface area contributed by atoms with Crippen LogP contribution in [0.2, 0.25) is 0 Å². The molecule has 122 valence electrons. The predicted molar refractivity (Wildman–Crippen MR) is 100 cm³/mol. The summed E-state index contributed by atoms with van der Waals surface area (Å²) in [5, 5.41) is 0. The molecule has 2 nitrogen and oxygen atoms in total. The first-order valence-corrected chi connectivity index (χ1v) is 9.21. The summed E-state index contributed by atoms with van der Waals surface area (Å²) in [4.78, 5) is 5.10. The van der Waals surface area contributed by atoms with Crippen molar-refractivity contribution in [3.63, 3.8) is 0 Å². The first-order valence-electron chi connectivity index (χ1n) is 8.41. The van der Waals surface area contributed by atoms with Crippen LogP contribution in [0, 0.1) is 0 Å². The van der Waals surface area contributed by atoms with Gasteiger partial charge in [0.1, 0.15) is 0 Å². The Labute approximate surface area is 148 Å². The van der Waals surface area contributed by atoms with Gasteiger partial charge >= 0.3 is 0 Å². The number of rotatable bonds is 5. The first kappa shape index (κ1) is 16.7. The van der Waals surface area contributed by atoms with Crippen LogP contribution < -0.4 is 0 Å². The predicted octanol–water partition coefficient (Wildman–Crippen LogP) is 4.55. The molecular formula is C20H25BrN2. The third-order valence-electron chi connectivity index (χ3n) is 4.75. The minimum atomic E-state index is 0.703. The third kappa shape index (κ3) is 4.90. The van der Waals surface area contributed by atoms with E-state index in [9.17, 15) is 0 Å². The van der Waals surface area contributed by atoms with Gasteiger partial charge in [0.25, 0.3) is 0 Å². The first-order chi connectivity index (χ1) is 11.2. The molecule has 0 saturated carbocycles. The quantitative estimate of drug-likeness (QED) is 0.759. The zero-order valence-electron chi connectivity index (χ0n) is 13.8. The van der Waals surface area contributed by atoms with E-state index in [1.807, 2.05) is 0 Å². The van der Waals surface area contributed by atoms with E-state index in [2.05, 4.69) is 87.4 Å². The van der Waals surface area contributed by atoms with Crippen LogP contribution in [0.5, 0.6) is 0 Å². The van der Waals surface area contributed by atoms with Gasteiger partial charge in [0.15, 0.2) is 0 Å². The summed E-state index contributed by atoms with van der Waals surface area (Å²) in [5.74, 6) is 0. The van der Waals surface area contributed by atoms with Crippen molar-refractivity contribution in [1.29, 1.82) is 0 Å². The highest BCUT2D eigenvalue weighted by Gasteiger charge is 2.22. The maximum absolute atomic E-state index is 3.56. The van der Waals surface area contributed by atoms with Gasteiger partial charge in [-0.2, -0.15) is 0 Å². The Hall–Kier alpha value is -1.16. The minimum absolute atomic E-state index is 0.703. The van der Waals surface area contributed by atoms with Gasteiger partial charge in [-0.05, 0) is 56.2 Å². The summed E-state index contributed by atoms with van der Waals surface area (Å²) in [6.45, 7) is 4.50. The maximum atomic E-state index is 3.56. The summed E-state index contributed by atoms with van der Waals surface area (Å²) in [6, 6.07) is 20.2. The fraction of sp³-hybridized carbons (Fsp3) is 0.400. The lowest BCUT2D eigenvalue weighted by atomic mass is 10.0. The lowest BCUT2D eigenvalue weighted by Crippen LogP contribution is -2.42. The van der Waals surface area contributed by atoms with Crippen LogP contribution >= 0.6 is 15.9 Å². The van der Waals surface area contributed by atoms with E-state index < -0.39 is 0 Å². The number of benzene rings is 2. The normalized spacial score (nSPS) is 16.8. The third-order valence-corrected chi connectivity index (χ3v) is 5.24. The fourth-order valence-corrected chi connectivity index (χ4v) is 3.86. The number of hydrogen-bond donors (Lipinski definition) is 0. The number of halogens is 1. The van der Waals surface area contributed by atoms with Gasteiger partial charge in [-0.1, -0.05) is 58.4 Å². The number of nitrogens with zero attached hydrogens (tertiary/aromatic N) is 2. The molecule has 0 bridgehead atoms. The zero-order chi connectivity index (χ0) is 16.1. The van der Waals surface area contributed by atoms with E-state index in [4.69, 9.17) is 0 Å². The summed E-state index contributed by atoms with van der Waals surface area (Å²) in [7, 11) is 2.27. The van der Waals surface area contributed by atoms with Crippen molar-refractivity contribution >= 4 is 15.9 Å². The highest BCUT2D eigenvalue weighted by Crippen LogP contribution is 2.20. The molecule has 2 aromatic rings. The Morgan fingerprint density at radius 1 is 1.00 bits per heavy atom. The minimum Gasteiger partial charge on any atom is -0.299 e. The average molecular weight is 373 g/mol. The van der Waals surface area contributed by atoms with Crippen molar-refractivity contribution in [2.75, 3.05) is 20.1 Å². The Balaban J connectivity index is 1.48. The largest absolute Gasteiger partial charge is 0.299 e. The Morgan fingerprint density at radius 2 is 1.70 bits per heavy atom.